The Morgan fingerprint density at radius 3 is 2.43 bits per heavy atom. The Kier molecular flexibility index (Phi) is 4.31. The van der Waals surface area contributed by atoms with Gasteiger partial charge in [0.2, 0.25) is 0 Å². The normalized spacial score (nSPS) is 17.4. The second kappa shape index (κ2) is 6.85. The summed E-state index contributed by atoms with van der Waals surface area (Å²) in [5.74, 6) is 1.62. The minimum Gasteiger partial charge on any atom is -0.368 e. The van der Waals surface area contributed by atoms with Crippen molar-refractivity contribution in [3.63, 3.8) is 0 Å². The first-order valence-electron chi connectivity index (χ1n) is 9.98. The van der Waals surface area contributed by atoms with E-state index in [4.69, 9.17) is 9.97 Å². The van der Waals surface area contributed by atoms with E-state index in [2.05, 4.69) is 29.2 Å². The maximum Gasteiger partial charge on any atom is 0.264 e. The molecule has 1 aliphatic carbocycles. The van der Waals surface area contributed by atoms with Crippen molar-refractivity contribution in [2.45, 2.75) is 32.6 Å². The third-order valence-corrected chi connectivity index (χ3v) is 6.99. The molecular formula is C22H24N4OS. The van der Waals surface area contributed by atoms with E-state index in [1.165, 1.54) is 18.5 Å². The summed E-state index contributed by atoms with van der Waals surface area (Å²) in [6.07, 6.45) is 2.37. The quantitative estimate of drug-likeness (QED) is 0.672. The highest BCUT2D eigenvalue weighted by Crippen LogP contribution is 2.40. The Balaban J connectivity index is 1.37. The number of rotatable bonds is 3. The number of carbonyl (C=O) groups excluding carboxylic acids is 1. The third kappa shape index (κ3) is 3.05. The number of nitrogens with zero attached hydrogens (tertiary/aromatic N) is 4. The van der Waals surface area contributed by atoms with E-state index >= 15 is 0 Å². The van der Waals surface area contributed by atoms with Crippen molar-refractivity contribution in [1.29, 1.82) is 0 Å². The SMILES string of the molecule is Cc1nc(C2CC2)nc2sc(C(=O)N3CCN(c4ccccc4)CC3)c(C)c12. The number of para-hydroxylation sites is 1. The number of piperazine rings is 1. The lowest BCUT2D eigenvalue weighted by atomic mass is 10.1. The monoisotopic (exact) mass is 392 g/mol. The number of aryl methyl sites for hydroxylation is 2. The fourth-order valence-corrected chi connectivity index (χ4v) is 5.25. The van der Waals surface area contributed by atoms with Crippen LogP contribution in [0.25, 0.3) is 10.2 Å². The molecular weight excluding hydrogens is 368 g/mol. The van der Waals surface area contributed by atoms with Crippen molar-refractivity contribution in [2.24, 2.45) is 0 Å². The van der Waals surface area contributed by atoms with Gasteiger partial charge >= 0.3 is 0 Å². The van der Waals surface area contributed by atoms with Crippen LogP contribution in [0.1, 0.15) is 45.5 Å². The molecule has 5 nitrogen and oxygen atoms in total. The van der Waals surface area contributed by atoms with Crippen molar-refractivity contribution in [3.05, 3.63) is 52.3 Å². The Labute approximate surface area is 169 Å². The maximum atomic E-state index is 13.2. The van der Waals surface area contributed by atoms with Gasteiger partial charge in [-0.05, 0) is 44.4 Å². The Bertz CT molecular complexity index is 1030. The number of carbonyl (C=O) groups is 1. The molecule has 2 aromatic heterocycles. The second-order valence-electron chi connectivity index (χ2n) is 7.79. The number of benzene rings is 1. The largest absolute Gasteiger partial charge is 0.368 e. The molecule has 1 saturated carbocycles. The lowest BCUT2D eigenvalue weighted by molar-refractivity contribution is 0.0751. The molecule has 0 unspecified atom stereocenters. The van der Waals surface area contributed by atoms with Crippen LogP contribution in [-0.2, 0) is 0 Å². The van der Waals surface area contributed by atoms with Gasteiger partial charge < -0.3 is 9.80 Å². The van der Waals surface area contributed by atoms with Crippen molar-refractivity contribution in [2.75, 3.05) is 31.1 Å². The van der Waals surface area contributed by atoms with Crippen molar-refractivity contribution in [1.82, 2.24) is 14.9 Å². The van der Waals surface area contributed by atoms with Crippen LogP contribution in [0.5, 0.6) is 0 Å². The summed E-state index contributed by atoms with van der Waals surface area (Å²) < 4.78 is 0. The fraction of sp³-hybridized carbons (Fsp3) is 0.409. The molecule has 0 radical (unpaired) electrons. The average molecular weight is 393 g/mol. The lowest BCUT2D eigenvalue weighted by Crippen LogP contribution is -2.48. The molecule has 0 bridgehead atoms. The van der Waals surface area contributed by atoms with Gasteiger partial charge in [0.1, 0.15) is 10.7 Å². The van der Waals surface area contributed by atoms with Gasteiger partial charge in [0.05, 0.1) is 10.6 Å². The summed E-state index contributed by atoms with van der Waals surface area (Å²) in [5, 5.41) is 1.07. The van der Waals surface area contributed by atoms with Crippen molar-refractivity contribution >= 4 is 33.1 Å². The van der Waals surface area contributed by atoms with Gasteiger partial charge in [-0.1, -0.05) is 18.2 Å². The summed E-state index contributed by atoms with van der Waals surface area (Å²) >= 11 is 1.54. The molecule has 144 valence electrons. The van der Waals surface area contributed by atoms with Crippen LogP contribution in [0.15, 0.2) is 30.3 Å². The molecule has 28 heavy (non-hydrogen) atoms. The molecule has 0 N–H and O–H groups in total. The van der Waals surface area contributed by atoms with Crippen LogP contribution >= 0.6 is 11.3 Å². The Morgan fingerprint density at radius 1 is 1.04 bits per heavy atom. The molecule has 0 atom stereocenters. The Hall–Kier alpha value is -2.47. The first kappa shape index (κ1) is 17.6. The molecule has 3 aromatic rings. The molecule has 1 aromatic carbocycles. The predicted molar refractivity (Wildman–Crippen MR) is 113 cm³/mol. The zero-order chi connectivity index (χ0) is 19.3. The van der Waals surface area contributed by atoms with Crippen LogP contribution < -0.4 is 4.90 Å². The van der Waals surface area contributed by atoms with Crippen molar-refractivity contribution in [3.8, 4) is 0 Å². The van der Waals surface area contributed by atoms with Crippen LogP contribution in [0.2, 0.25) is 0 Å². The molecule has 1 saturated heterocycles. The summed E-state index contributed by atoms with van der Waals surface area (Å²) in [6.45, 7) is 7.31. The number of hydrogen-bond donors (Lipinski definition) is 0. The molecule has 2 fully saturated rings. The standard InChI is InChI=1S/C22H24N4OS/c1-14-18-15(2)23-20(16-8-9-16)24-21(18)28-19(14)22(27)26-12-10-25(11-13-26)17-6-4-3-5-7-17/h3-7,16H,8-13H2,1-2H3. The second-order valence-corrected chi connectivity index (χ2v) is 8.79. The van der Waals surface area contributed by atoms with Crippen LogP contribution in [0.4, 0.5) is 5.69 Å². The highest BCUT2D eigenvalue weighted by Gasteiger charge is 2.30. The smallest absolute Gasteiger partial charge is 0.264 e. The van der Waals surface area contributed by atoms with Gasteiger partial charge in [0.25, 0.3) is 5.91 Å². The number of thiophene rings is 1. The zero-order valence-electron chi connectivity index (χ0n) is 16.3. The van der Waals surface area contributed by atoms with Crippen molar-refractivity contribution < 1.29 is 4.79 Å². The number of hydrogen-bond acceptors (Lipinski definition) is 5. The summed E-state index contributed by atoms with van der Waals surface area (Å²) in [5.41, 5.74) is 3.27. The number of anilines is 1. The molecule has 6 heteroatoms. The van der Waals surface area contributed by atoms with Crippen LogP contribution in [-0.4, -0.2) is 47.0 Å². The number of amides is 1. The highest BCUT2D eigenvalue weighted by molar-refractivity contribution is 7.20. The van der Waals surface area contributed by atoms with E-state index in [0.717, 1.165) is 58.4 Å². The van der Waals surface area contributed by atoms with Gasteiger partial charge in [-0.25, -0.2) is 9.97 Å². The minimum absolute atomic E-state index is 0.139. The van der Waals surface area contributed by atoms with E-state index < -0.39 is 0 Å². The molecule has 5 rings (SSSR count). The molecule has 2 aliphatic rings. The first-order chi connectivity index (χ1) is 13.6. The van der Waals surface area contributed by atoms with Gasteiger partial charge in [-0.3, -0.25) is 4.79 Å². The molecule has 0 spiro atoms. The van der Waals surface area contributed by atoms with E-state index in [0.29, 0.717) is 5.92 Å². The molecule has 1 aliphatic heterocycles. The van der Waals surface area contributed by atoms with E-state index in [9.17, 15) is 4.79 Å². The van der Waals surface area contributed by atoms with E-state index in [1.54, 1.807) is 11.3 Å². The van der Waals surface area contributed by atoms with E-state index in [1.807, 2.05) is 24.8 Å². The Morgan fingerprint density at radius 2 is 1.75 bits per heavy atom. The summed E-state index contributed by atoms with van der Waals surface area (Å²) in [7, 11) is 0. The van der Waals surface area contributed by atoms with Gasteiger partial charge in [0, 0.05) is 43.2 Å². The van der Waals surface area contributed by atoms with Gasteiger partial charge in [0.15, 0.2) is 0 Å². The first-order valence-corrected chi connectivity index (χ1v) is 10.8. The average Bonchev–Trinajstić information content (AvgIpc) is 3.52. The van der Waals surface area contributed by atoms with Gasteiger partial charge in [-0.2, -0.15) is 0 Å². The van der Waals surface area contributed by atoms with Crippen LogP contribution in [0.3, 0.4) is 0 Å². The minimum atomic E-state index is 0.139. The maximum absolute atomic E-state index is 13.2. The fourth-order valence-electron chi connectivity index (χ4n) is 4.04. The van der Waals surface area contributed by atoms with E-state index in [-0.39, 0.29) is 5.91 Å². The summed E-state index contributed by atoms with van der Waals surface area (Å²) in [4.78, 5) is 28.9. The topological polar surface area (TPSA) is 49.3 Å². The zero-order valence-corrected chi connectivity index (χ0v) is 17.1. The predicted octanol–water partition coefficient (Wildman–Crippen LogP) is 4.15. The molecule has 3 heterocycles. The summed E-state index contributed by atoms with van der Waals surface area (Å²) in [6, 6.07) is 10.4. The van der Waals surface area contributed by atoms with Crippen LogP contribution in [0, 0.1) is 13.8 Å². The third-order valence-electron chi connectivity index (χ3n) is 5.81. The molecule has 1 amide bonds. The number of fused-ring (bicyclic) bond motifs is 1. The van der Waals surface area contributed by atoms with Gasteiger partial charge in [-0.15, -0.1) is 11.3 Å². The highest BCUT2D eigenvalue weighted by atomic mass is 32.1. The lowest BCUT2D eigenvalue weighted by Gasteiger charge is -2.36. The number of aromatic nitrogens is 2.